The lowest BCUT2D eigenvalue weighted by atomic mass is 9.97. The summed E-state index contributed by atoms with van der Waals surface area (Å²) in [5.74, 6) is 0.563. The number of rotatable bonds is 4. The Morgan fingerprint density at radius 3 is 2.70 bits per heavy atom. The van der Waals surface area contributed by atoms with Gasteiger partial charge in [0.05, 0.1) is 23.4 Å². The number of aromatic nitrogens is 3. The van der Waals surface area contributed by atoms with E-state index in [1.807, 2.05) is 45.1 Å². The Kier molecular flexibility index (Phi) is 6.52. The Hall–Kier alpha value is -4.04. The SMILES string of the molecule is CC.CC1C=Cc2c(nc(N)nc2-c2cccc(-n3ccc4cc(C5CC5)cc(F)c4c3=O)c2CO)N1. The summed E-state index contributed by atoms with van der Waals surface area (Å²) in [5, 5.41) is 14.3. The van der Waals surface area contributed by atoms with Gasteiger partial charge in [-0.25, -0.2) is 9.37 Å². The van der Waals surface area contributed by atoms with Crippen molar-refractivity contribution in [3.63, 3.8) is 0 Å². The number of nitrogens with two attached hydrogens (primary N) is 1. The number of halogens is 1. The van der Waals surface area contributed by atoms with Crippen molar-refractivity contribution < 1.29 is 9.50 Å². The van der Waals surface area contributed by atoms with Crippen LogP contribution < -0.4 is 16.6 Å². The molecule has 3 heterocycles. The number of fused-ring (bicyclic) bond motifs is 2. The molecule has 0 saturated heterocycles. The van der Waals surface area contributed by atoms with Gasteiger partial charge in [-0.3, -0.25) is 9.36 Å². The number of aliphatic hydroxyl groups excluding tert-OH is 1. The number of pyridine rings is 1. The Bertz CT molecular complexity index is 1590. The predicted octanol–water partition coefficient (Wildman–Crippen LogP) is 5.39. The number of hydrogen-bond donors (Lipinski definition) is 3. The first-order chi connectivity index (χ1) is 17.9. The number of nitrogens with zero attached hydrogens (tertiary/aromatic N) is 3. The van der Waals surface area contributed by atoms with E-state index in [0.29, 0.717) is 39.6 Å². The number of aliphatic hydroxyl groups is 1. The maximum Gasteiger partial charge on any atom is 0.265 e. The molecule has 4 aromatic rings. The van der Waals surface area contributed by atoms with Crippen LogP contribution >= 0.6 is 0 Å². The molecule has 0 bridgehead atoms. The molecule has 8 heteroatoms. The topological polar surface area (TPSA) is 106 Å². The summed E-state index contributed by atoms with van der Waals surface area (Å²) in [7, 11) is 0. The first kappa shape index (κ1) is 24.6. The molecular formula is C29H30FN5O2. The van der Waals surface area contributed by atoms with Crippen LogP contribution in [0.5, 0.6) is 0 Å². The molecule has 0 spiro atoms. The Labute approximate surface area is 214 Å². The highest BCUT2D eigenvalue weighted by Crippen LogP contribution is 2.41. The van der Waals surface area contributed by atoms with Crippen molar-refractivity contribution >= 4 is 28.6 Å². The van der Waals surface area contributed by atoms with Gasteiger partial charge in [0.15, 0.2) is 0 Å². The van der Waals surface area contributed by atoms with E-state index in [4.69, 9.17) is 5.73 Å². The molecule has 1 saturated carbocycles. The Morgan fingerprint density at radius 2 is 1.97 bits per heavy atom. The zero-order valence-electron chi connectivity index (χ0n) is 21.1. The lowest BCUT2D eigenvalue weighted by Gasteiger charge is -2.22. The minimum Gasteiger partial charge on any atom is -0.392 e. The third-order valence-corrected chi connectivity index (χ3v) is 6.73. The molecule has 190 valence electrons. The second-order valence-electron chi connectivity index (χ2n) is 9.18. The summed E-state index contributed by atoms with van der Waals surface area (Å²) in [6, 6.07) is 10.5. The maximum absolute atomic E-state index is 15.1. The van der Waals surface area contributed by atoms with Crippen molar-refractivity contribution in [3.8, 4) is 16.9 Å². The van der Waals surface area contributed by atoms with Crippen LogP contribution in [0.2, 0.25) is 0 Å². The molecule has 1 aliphatic heterocycles. The molecule has 0 radical (unpaired) electrons. The molecule has 1 unspecified atom stereocenters. The van der Waals surface area contributed by atoms with Gasteiger partial charge in [-0.1, -0.05) is 44.2 Å². The van der Waals surface area contributed by atoms with Crippen LogP contribution in [0.25, 0.3) is 33.8 Å². The fraction of sp³-hybridized carbons (Fsp3) is 0.276. The van der Waals surface area contributed by atoms with Gasteiger partial charge in [0.2, 0.25) is 5.95 Å². The second kappa shape index (κ2) is 9.78. The first-order valence-corrected chi connectivity index (χ1v) is 12.6. The van der Waals surface area contributed by atoms with E-state index < -0.39 is 11.4 Å². The highest BCUT2D eigenvalue weighted by Gasteiger charge is 2.26. The van der Waals surface area contributed by atoms with Gasteiger partial charge in [0.1, 0.15) is 11.6 Å². The largest absolute Gasteiger partial charge is 0.392 e. The van der Waals surface area contributed by atoms with E-state index in [1.54, 1.807) is 24.4 Å². The Balaban J connectivity index is 0.00000137. The van der Waals surface area contributed by atoms with Crippen molar-refractivity contribution in [2.75, 3.05) is 11.1 Å². The second-order valence-corrected chi connectivity index (χ2v) is 9.18. The average Bonchev–Trinajstić information content (AvgIpc) is 3.74. The molecule has 7 nitrogen and oxygen atoms in total. The number of nitrogens with one attached hydrogen (secondary N) is 1. The number of nitrogen functional groups attached to an aromatic ring is 1. The van der Waals surface area contributed by atoms with Gasteiger partial charge in [-0.15, -0.1) is 0 Å². The summed E-state index contributed by atoms with van der Waals surface area (Å²) in [6.07, 6.45) is 7.64. The third kappa shape index (κ3) is 4.38. The highest BCUT2D eigenvalue weighted by molar-refractivity contribution is 5.85. The number of benzene rings is 2. The van der Waals surface area contributed by atoms with Crippen LogP contribution in [0.1, 0.15) is 56.2 Å². The van der Waals surface area contributed by atoms with E-state index in [2.05, 4.69) is 15.3 Å². The molecule has 2 aromatic heterocycles. The lowest BCUT2D eigenvalue weighted by Crippen LogP contribution is -2.21. The minimum atomic E-state index is -0.520. The molecule has 2 aromatic carbocycles. The zero-order chi connectivity index (χ0) is 26.3. The fourth-order valence-electron chi connectivity index (χ4n) is 4.84. The number of hydrogen-bond acceptors (Lipinski definition) is 6. The zero-order valence-corrected chi connectivity index (χ0v) is 21.1. The van der Waals surface area contributed by atoms with Crippen LogP contribution in [-0.4, -0.2) is 25.7 Å². The molecule has 37 heavy (non-hydrogen) atoms. The predicted molar refractivity (Wildman–Crippen MR) is 146 cm³/mol. The quantitative estimate of drug-likeness (QED) is 0.348. The summed E-state index contributed by atoms with van der Waals surface area (Å²) in [4.78, 5) is 22.2. The minimum absolute atomic E-state index is 0.0379. The smallest absolute Gasteiger partial charge is 0.265 e. The van der Waals surface area contributed by atoms with Gasteiger partial charge >= 0.3 is 0 Å². The first-order valence-electron chi connectivity index (χ1n) is 12.6. The average molecular weight is 500 g/mol. The van der Waals surface area contributed by atoms with Crippen molar-refractivity contribution in [3.05, 3.63) is 81.5 Å². The standard InChI is InChI=1S/C27H24FN5O2.C2H6/c1-14-5-8-19-24(31-27(29)32-25(19)30-14)18-3-2-4-22(20(18)13-34)33-10-9-16-11-17(15-6-7-15)12-21(28)23(16)26(33)35;1-2/h2-5,8-12,14-15,34H,6-7,13H2,1H3,(H3,29,30,31,32);1-2H3. The molecule has 1 aliphatic carbocycles. The van der Waals surface area contributed by atoms with E-state index >= 15 is 4.39 Å². The Morgan fingerprint density at radius 1 is 1.19 bits per heavy atom. The highest BCUT2D eigenvalue weighted by atomic mass is 19.1. The van der Waals surface area contributed by atoms with Crippen molar-refractivity contribution in [2.45, 2.75) is 52.2 Å². The van der Waals surface area contributed by atoms with Gasteiger partial charge in [0.25, 0.3) is 5.56 Å². The van der Waals surface area contributed by atoms with E-state index in [9.17, 15) is 9.90 Å². The summed E-state index contributed by atoms with van der Waals surface area (Å²) in [6.45, 7) is 5.64. The normalized spacial score (nSPS) is 16.1. The lowest BCUT2D eigenvalue weighted by molar-refractivity contribution is 0.282. The summed E-state index contributed by atoms with van der Waals surface area (Å²) < 4.78 is 16.5. The van der Waals surface area contributed by atoms with Crippen LogP contribution in [0.4, 0.5) is 16.2 Å². The van der Waals surface area contributed by atoms with Gasteiger partial charge in [0, 0.05) is 28.9 Å². The van der Waals surface area contributed by atoms with Crippen molar-refractivity contribution in [2.24, 2.45) is 0 Å². The van der Waals surface area contributed by atoms with Crippen LogP contribution in [-0.2, 0) is 6.61 Å². The number of anilines is 2. The summed E-state index contributed by atoms with van der Waals surface area (Å²) in [5.41, 5.74) is 9.30. The van der Waals surface area contributed by atoms with Crippen LogP contribution in [0.15, 0.2) is 53.5 Å². The van der Waals surface area contributed by atoms with Gasteiger partial charge in [-0.2, -0.15) is 4.98 Å². The van der Waals surface area contributed by atoms with E-state index in [0.717, 1.165) is 24.0 Å². The molecule has 1 fully saturated rings. The summed E-state index contributed by atoms with van der Waals surface area (Å²) >= 11 is 0. The monoisotopic (exact) mass is 499 g/mol. The van der Waals surface area contributed by atoms with Gasteiger partial charge < -0.3 is 16.2 Å². The molecule has 0 amide bonds. The van der Waals surface area contributed by atoms with E-state index in [1.165, 1.54) is 10.6 Å². The molecule has 4 N–H and O–H groups in total. The van der Waals surface area contributed by atoms with Crippen molar-refractivity contribution in [1.29, 1.82) is 0 Å². The molecule has 1 atom stereocenters. The molecule has 6 rings (SSSR count). The van der Waals surface area contributed by atoms with E-state index in [-0.39, 0.29) is 24.0 Å². The van der Waals surface area contributed by atoms with Crippen LogP contribution in [0.3, 0.4) is 0 Å². The molecular weight excluding hydrogens is 469 g/mol. The fourth-order valence-corrected chi connectivity index (χ4v) is 4.84. The van der Waals surface area contributed by atoms with Crippen molar-refractivity contribution in [1.82, 2.24) is 14.5 Å². The van der Waals surface area contributed by atoms with Gasteiger partial charge in [-0.05, 0) is 54.8 Å². The molecule has 2 aliphatic rings. The third-order valence-electron chi connectivity index (χ3n) is 6.73. The van der Waals surface area contributed by atoms with Crippen LogP contribution in [0, 0.1) is 5.82 Å². The maximum atomic E-state index is 15.1.